The van der Waals surface area contributed by atoms with E-state index in [0.29, 0.717) is 24.3 Å². The Morgan fingerprint density at radius 2 is 1.82 bits per heavy atom. The Hall–Kier alpha value is -2.28. The lowest BCUT2D eigenvalue weighted by atomic mass is 9.81. The summed E-state index contributed by atoms with van der Waals surface area (Å²) in [5.74, 6) is 3.16. The second-order valence-electron chi connectivity index (χ2n) is 12.8. The molecule has 7 nitrogen and oxygen atoms in total. The molecule has 4 rings (SSSR count). The average molecular weight is 542 g/mol. The van der Waals surface area contributed by atoms with Crippen LogP contribution in [0.4, 0.5) is 4.79 Å². The van der Waals surface area contributed by atoms with Crippen LogP contribution in [-0.2, 0) is 14.3 Å². The number of allylic oxidation sites excluding steroid dienone is 5. The van der Waals surface area contributed by atoms with Gasteiger partial charge in [-0.15, -0.1) is 0 Å². The van der Waals surface area contributed by atoms with Crippen LogP contribution in [0.1, 0.15) is 79.1 Å². The molecule has 3 aliphatic carbocycles. The quantitative estimate of drug-likeness (QED) is 0.269. The molecular weight excluding hydrogens is 490 g/mol. The molecule has 2 atom stereocenters. The minimum Gasteiger partial charge on any atom is -0.494 e. The highest BCUT2D eigenvalue weighted by molar-refractivity contribution is 5.79. The Morgan fingerprint density at radius 1 is 1.05 bits per heavy atom. The van der Waals surface area contributed by atoms with Gasteiger partial charge in [0.2, 0.25) is 5.91 Å². The minimum absolute atomic E-state index is 0.126. The monoisotopic (exact) mass is 541 g/mol. The van der Waals surface area contributed by atoms with Crippen LogP contribution in [0.3, 0.4) is 0 Å². The zero-order valence-corrected chi connectivity index (χ0v) is 24.8. The Balaban J connectivity index is 1.13. The van der Waals surface area contributed by atoms with Crippen LogP contribution in [-0.4, -0.2) is 73.3 Å². The van der Waals surface area contributed by atoms with Crippen molar-refractivity contribution in [2.24, 2.45) is 23.7 Å². The van der Waals surface area contributed by atoms with Crippen molar-refractivity contribution < 1.29 is 19.1 Å². The Bertz CT molecular complexity index is 922. The summed E-state index contributed by atoms with van der Waals surface area (Å²) in [4.78, 5) is 29.2. The third-order valence-electron chi connectivity index (χ3n) is 8.47. The summed E-state index contributed by atoms with van der Waals surface area (Å²) in [6.45, 7) is 13.6. The fourth-order valence-corrected chi connectivity index (χ4v) is 5.75. The lowest BCUT2D eigenvalue weighted by Gasteiger charge is -2.33. The van der Waals surface area contributed by atoms with E-state index in [1.54, 1.807) is 0 Å². The summed E-state index contributed by atoms with van der Waals surface area (Å²) >= 11 is 0. The van der Waals surface area contributed by atoms with Gasteiger partial charge in [-0.05, 0) is 110 Å². The van der Waals surface area contributed by atoms with Crippen molar-refractivity contribution in [3.63, 3.8) is 0 Å². The number of rotatable bonds is 11. The number of ether oxygens (including phenoxy) is 2. The maximum absolute atomic E-state index is 13.1. The third kappa shape index (κ3) is 9.40. The summed E-state index contributed by atoms with van der Waals surface area (Å²) in [7, 11) is 0. The van der Waals surface area contributed by atoms with Gasteiger partial charge in [-0.1, -0.05) is 17.7 Å². The molecule has 0 spiro atoms. The third-order valence-corrected chi connectivity index (χ3v) is 8.47. The van der Waals surface area contributed by atoms with E-state index in [9.17, 15) is 9.59 Å². The van der Waals surface area contributed by atoms with Crippen LogP contribution in [0, 0.1) is 23.7 Å². The van der Waals surface area contributed by atoms with Crippen molar-refractivity contribution in [3.05, 3.63) is 35.6 Å². The van der Waals surface area contributed by atoms with E-state index in [4.69, 9.17) is 9.47 Å². The first-order valence-corrected chi connectivity index (χ1v) is 15.4. The molecule has 1 aliphatic heterocycles. The van der Waals surface area contributed by atoms with Crippen molar-refractivity contribution in [2.45, 2.75) is 84.7 Å². The van der Waals surface area contributed by atoms with Gasteiger partial charge in [0.25, 0.3) is 0 Å². The lowest BCUT2D eigenvalue weighted by Crippen LogP contribution is -2.42. The number of nitrogens with one attached hydrogen (secondary N) is 1. The van der Waals surface area contributed by atoms with Gasteiger partial charge in [-0.25, -0.2) is 4.79 Å². The van der Waals surface area contributed by atoms with Crippen LogP contribution < -0.4 is 5.32 Å². The number of carbonyl (C=O) groups excluding carboxylic acids is 2. The van der Waals surface area contributed by atoms with Crippen molar-refractivity contribution in [3.8, 4) is 0 Å². The molecule has 218 valence electrons. The van der Waals surface area contributed by atoms with Crippen LogP contribution >= 0.6 is 0 Å². The highest BCUT2D eigenvalue weighted by atomic mass is 16.6. The van der Waals surface area contributed by atoms with Gasteiger partial charge < -0.3 is 24.6 Å². The maximum Gasteiger partial charge on any atom is 0.410 e. The normalized spacial score (nSPS) is 24.2. The highest BCUT2D eigenvalue weighted by Crippen LogP contribution is 2.34. The smallest absolute Gasteiger partial charge is 0.410 e. The number of hydrogen-bond donors (Lipinski definition) is 1. The summed E-state index contributed by atoms with van der Waals surface area (Å²) < 4.78 is 11.6. The first kappa shape index (κ1) is 29.7. The Morgan fingerprint density at radius 3 is 2.41 bits per heavy atom. The van der Waals surface area contributed by atoms with Gasteiger partial charge in [0.05, 0.1) is 6.61 Å². The largest absolute Gasteiger partial charge is 0.494 e. The molecule has 2 amide bonds. The van der Waals surface area contributed by atoms with Crippen LogP contribution in [0.15, 0.2) is 35.6 Å². The molecule has 0 aromatic heterocycles. The number of amides is 2. The van der Waals surface area contributed by atoms with E-state index >= 15 is 0 Å². The van der Waals surface area contributed by atoms with Crippen molar-refractivity contribution in [1.82, 2.24) is 15.1 Å². The highest BCUT2D eigenvalue weighted by Gasteiger charge is 2.29. The number of carbonyl (C=O) groups is 2. The molecule has 7 heteroatoms. The fourth-order valence-electron chi connectivity index (χ4n) is 5.75. The van der Waals surface area contributed by atoms with E-state index in [-0.39, 0.29) is 12.0 Å². The van der Waals surface area contributed by atoms with Crippen LogP contribution in [0.2, 0.25) is 0 Å². The molecule has 2 unspecified atom stereocenters. The van der Waals surface area contributed by atoms with Crippen LogP contribution in [0.25, 0.3) is 0 Å². The fraction of sp³-hybridized carbons (Fsp3) is 0.750. The molecule has 0 aromatic rings. The van der Waals surface area contributed by atoms with E-state index in [0.717, 1.165) is 89.5 Å². The minimum atomic E-state index is -0.454. The molecule has 0 bridgehead atoms. The van der Waals surface area contributed by atoms with Gasteiger partial charge in [0.1, 0.15) is 11.4 Å². The van der Waals surface area contributed by atoms with Crippen molar-refractivity contribution in [1.29, 1.82) is 0 Å². The predicted molar refractivity (Wildman–Crippen MR) is 155 cm³/mol. The predicted octanol–water partition coefficient (Wildman–Crippen LogP) is 5.68. The van der Waals surface area contributed by atoms with Gasteiger partial charge >= 0.3 is 6.09 Å². The molecule has 4 aliphatic rings. The molecule has 1 saturated carbocycles. The first-order chi connectivity index (χ1) is 18.7. The molecule has 0 aromatic carbocycles. The zero-order valence-electron chi connectivity index (χ0n) is 24.8. The molecule has 39 heavy (non-hydrogen) atoms. The Kier molecular flexibility index (Phi) is 10.6. The van der Waals surface area contributed by atoms with Gasteiger partial charge in [-0.3, -0.25) is 4.79 Å². The van der Waals surface area contributed by atoms with Crippen LogP contribution in [0.5, 0.6) is 0 Å². The van der Waals surface area contributed by atoms with Gasteiger partial charge in [-0.2, -0.15) is 0 Å². The second kappa shape index (κ2) is 13.9. The van der Waals surface area contributed by atoms with E-state index in [1.165, 1.54) is 18.4 Å². The molecule has 1 N–H and O–H groups in total. The van der Waals surface area contributed by atoms with E-state index in [1.807, 2.05) is 30.6 Å². The molecule has 1 heterocycles. The molecule has 1 saturated heterocycles. The average Bonchev–Trinajstić information content (AvgIpc) is 3.76. The molecular formula is C32H51N3O4. The molecule has 2 fully saturated rings. The number of nitrogens with zero attached hydrogens (tertiary/aromatic N) is 2. The summed E-state index contributed by atoms with van der Waals surface area (Å²) in [5, 5.41) is 3.52. The van der Waals surface area contributed by atoms with Crippen molar-refractivity contribution in [2.75, 3.05) is 45.9 Å². The summed E-state index contributed by atoms with van der Waals surface area (Å²) in [6, 6.07) is 0. The SMILES string of the molecule is CCN(CCNCC1CC1)C(=O)C1CC=C(C2C=CC(OCC3CCN(C(=O)OC(C)(C)C)CC3)=CC2)CC1. The standard InChI is InChI=1S/C32H51N3O4/c1-5-34(21-18-33-22-24-6-7-24)30(36)28-10-8-26(9-11-28)27-12-14-29(15-13-27)38-23-25-16-19-35(20-17-25)31(37)39-32(2,3)4/h8,12,14-15,24-25,27-28,33H,5-7,9-11,13,16-23H2,1-4H3. The molecule has 0 radical (unpaired) electrons. The summed E-state index contributed by atoms with van der Waals surface area (Å²) in [6.07, 6.45) is 17.1. The first-order valence-electron chi connectivity index (χ1n) is 15.4. The van der Waals surface area contributed by atoms with Crippen molar-refractivity contribution >= 4 is 12.0 Å². The zero-order chi connectivity index (χ0) is 27.8. The second-order valence-corrected chi connectivity index (χ2v) is 12.8. The summed E-state index contributed by atoms with van der Waals surface area (Å²) in [5.41, 5.74) is 1.01. The topological polar surface area (TPSA) is 71.1 Å². The maximum atomic E-state index is 13.1. The number of likely N-dealkylation sites (tertiary alicyclic amines) is 1. The number of piperidine rings is 1. The van der Waals surface area contributed by atoms with E-state index in [2.05, 4.69) is 36.5 Å². The van der Waals surface area contributed by atoms with Gasteiger partial charge in [0, 0.05) is 44.6 Å². The number of hydrogen-bond acceptors (Lipinski definition) is 5. The van der Waals surface area contributed by atoms with E-state index < -0.39 is 5.60 Å². The number of likely N-dealkylation sites (N-methyl/N-ethyl adjacent to an activating group) is 1. The Labute approximate surface area is 236 Å². The lowest BCUT2D eigenvalue weighted by molar-refractivity contribution is -0.135. The van der Waals surface area contributed by atoms with Gasteiger partial charge in [0.15, 0.2) is 0 Å².